The van der Waals surface area contributed by atoms with Gasteiger partial charge in [0.1, 0.15) is 0 Å². The first-order valence-corrected chi connectivity index (χ1v) is 6.18. The number of hydrogen-bond acceptors (Lipinski definition) is 3. The molecule has 5 heteroatoms. The molecule has 2 heterocycles. The number of nitrogens with zero attached hydrogens (tertiary/aromatic N) is 2. The largest absolute Gasteiger partial charge is 0.339 e. The van der Waals surface area contributed by atoms with E-state index in [0.717, 1.165) is 38.0 Å². The van der Waals surface area contributed by atoms with E-state index in [9.17, 15) is 4.79 Å². The van der Waals surface area contributed by atoms with Crippen molar-refractivity contribution in [3.05, 3.63) is 17.5 Å². The molecule has 0 saturated carbocycles. The van der Waals surface area contributed by atoms with Crippen LogP contribution >= 0.6 is 0 Å². The summed E-state index contributed by atoms with van der Waals surface area (Å²) in [6, 6.07) is 0.340. The zero-order chi connectivity index (χ0) is 12.3. The van der Waals surface area contributed by atoms with Gasteiger partial charge in [0.15, 0.2) is 0 Å². The Hall–Kier alpha value is -1.36. The number of aromatic amines is 1. The van der Waals surface area contributed by atoms with Gasteiger partial charge >= 0.3 is 0 Å². The van der Waals surface area contributed by atoms with Crippen molar-refractivity contribution >= 4 is 5.91 Å². The first kappa shape index (κ1) is 12.1. The summed E-state index contributed by atoms with van der Waals surface area (Å²) in [7, 11) is 1.89. The minimum atomic E-state index is 0.0724. The van der Waals surface area contributed by atoms with E-state index >= 15 is 0 Å². The Labute approximate surface area is 102 Å². The maximum Gasteiger partial charge on any atom is 0.257 e. The van der Waals surface area contributed by atoms with Crippen molar-refractivity contribution in [1.82, 2.24) is 20.4 Å². The number of aryl methyl sites for hydroxylation is 1. The Kier molecular flexibility index (Phi) is 3.78. The highest BCUT2D eigenvalue weighted by Crippen LogP contribution is 2.15. The summed E-state index contributed by atoms with van der Waals surface area (Å²) in [5.41, 5.74) is 1.53. The molecule has 17 heavy (non-hydrogen) atoms. The van der Waals surface area contributed by atoms with Crippen molar-refractivity contribution in [3.8, 4) is 0 Å². The molecule has 1 aliphatic heterocycles. The Morgan fingerprint density at radius 1 is 1.47 bits per heavy atom. The maximum atomic E-state index is 12.3. The summed E-state index contributed by atoms with van der Waals surface area (Å²) in [6.07, 6.45) is 4.85. The van der Waals surface area contributed by atoms with Crippen LogP contribution in [0.2, 0.25) is 0 Å². The highest BCUT2D eigenvalue weighted by atomic mass is 16.2. The molecule has 5 nitrogen and oxygen atoms in total. The molecule has 1 fully saturated rings. The van der Waals surface area contributed by atoms with Gasteiger partial charge < -0.3 is 10.2 Å². The molecule has 1 amide bonds. The molecule has 94 valence electrons. The van der Waals surface area contributed by atoms with Gasteiger partial charge in [-0.25, -0.2) is 0 Å². The van der Waals surface area contributed by atoms with Crippen molar-refractivity contribution in [2.75, 3.05) is 20.1 Å². The van der Waals surface area contributed by atoms with Crippen LogP contribution in [0.3, 0.4) is 0 Å². The quantitative estimate of drug-likeness (QED) is 0.803. The lowest BCUT2D eigenvalue weighted by atomic mass is 10.1. The SMILES string of the molecule is Cc1[nH]ncc1C(=O)N(C)C1CCCNCC1. The van der Waals surface area contributed by atoms with E-state index in [1.807, 2.05) is 18.9 Å². The van der Waals surface area contributed by atoms with Gasteiger partial charge in [-0.1, -0.05) is 0 Å². The monoisotopic (exact) mass is 236 g/mol. The molecule has 1 unspecified atom stereocenters. The zero-order valence-electron chi connectivity index (χ0n) is 10.5. The second kappa shape index (κ2) is 5.31. The highest BCUT2D eigenvalue weighted by Gasteiger charge is 2.23. The van der Waals surface area contributed by atoms with Gasteiger partial charge in [0.2, 0.25) is 0 Å². The predicted octanol–water partition coefficient (Wildman–Crippen LogP) is 0.932. The minimum absolute atomic E-state index is 0.0724. The number of rotatable bonds is 2. The second-order valence-electron chi connectivity index (χ2n) is 4.66. The summed E-state index contributed by atoms with van der Waals surface area (Å²) >= 11 is 0. The lowest BCUT2D eigenvalue weighted by Gasteiger charge is -2.26. The second-order valence-corrected chi connectivity index (χ2v) is 4.66. The van der Waals surface area contributed by atoms with E-state index < -0.39 is 0 Å². The smallest absolute Gasteiger partial charge is 0.257 e. The van der Waals surface area contributed by atoms with E-state index in [-0.39, 0.29) is 5.91 Å². The molecule has 1 atom stereocenters. The third-order valence-electron chi connectivity index (χ3n) is 3.47. The fourth-order valence-corrected chi connectivity index (χ4v) is 2.31. The molecule has 2 N–H and O–H groups in total. The maximum absolute atomic E-state index is 12.3. The standard InChI is InChI=1S/C12H20N4O/c1-9-11(8-14-15-9)12(17)16(2)10-4-3-6-13-7-5-10/h8,10,13H,3-7H2,1-2H3,(H,14,15). The molecule has 0 spiro atoms. The first-order chi connectivity index (χ1) is 8.20. The number of carbonyl (C=O) groups excluding carboxylic acids is 1. The number of amides is 1. The van der Waals surface area contributed by atoms with E-state index in [4.69, 9.17) is 0 Å². The average Bonchev–Trinajstić information content (AvgIpc) is 2.60. The third kappa shape index (κ3) is 2.66. The predicted molar refractivity (Wildman–Crippen MR) is 65.9 cm³/mol. The summed E-state index contributed by atoms with van der Waals surface area (Å²) in [4.78, 5) is 14.1. The Morgan fingerprint density at radius 2 is 2.29 bits per heavy atom. The molecule has 1 saturated heterocycles. The number of nitrogens with one attached hydrogen (secondary N) is 2. The zero-order valence-corrected chi connectivity index (χ0v) is 10.5. The molecule has 0 aliphatic carbocycles. The summed E-state index contributed by atoms with van der Waals surface area (Å²) in [5.74, 6) is 0.0724. The lowest BCUT2D eigenvalue weighted by Crippen LogP contribution is -2.37. The highest BCUT2D eigenvalue weighted by molar-refractivity contribution is 5.95. The molecule has 1 aromatic rings. The van der Waals surface area contributed by atoms with Crippen LogP contribution in [-0.4, -0.2) is 47.2 Å². The Morgan fingerprint density at radius 3 is 3.00 bits per heavy atom. The van der Waals surface area contributed by atoms with Crippen LogP contribution in [0.1, 0.15) is 35.3 Å². The Balaban J connectivity index is 2.06. The summed E-state index contributed by atoms with van der Waals surface area (Å²) in [6.45, 7) is 3.93. The summed E-state index contributed by atoms with van der Waals surface area (Å²) in [5, 5.41) is 10.1. The molecule has 0 aromatic carbocycles. The number of aromatic nitrogens is 2. The van der Waals surface area contributed by atoms with Gasteiger partial charge in [0.25, 0.3) is 5.91 Å². The number of hydrogen-bond donors (Lipinski definition) is 2. The van der Waals surface area contributed by atoms with Crippen LogP contribution in [-0.2, 0) is 0 Å². The van der Waals surface area contributed by atoms with Gasteiger partial charge in [-0.15, -0.1) is 0 Å². The van der Waals surface area contributed by atoms with Crippen LogP contribution in [0.4, 0.5) is 0 Å². The minimum Gasteiger partial charge on any atom is -0.339 e. The molecule has 1 aromatic heterocycles. The summed E-state index contributed by atoms with van der Waals surface area (Å²) < 4.78 is 0. The fraction of sp³-hybridized carbons (Fsp3) is 0.667. The number of H-pyrrole nitrogens is 1. The fourth-order valence-electron chi connectivity index (χ4n) is 2.31. The normalized spacial score (nSPS) is 20.9. The molecule has 2 rings (SSSR count). The van der Waals surface area contributed by atoms with Crippen LogP contribution in [0, 0.1) is 6.92 Å². The van der Waals surface area contributed by atoms with Crippen molar-refractivity contribution in [2.24, 2.45) is 0 Å². The van der Waals surface area contributed by atoms with Crippen LogP contribution in [0.25, 0.3) is 0 Å². The van der Waals surface area contributed by atoms with Gasteiger partial charge in [-0.3, -0.25) is 9.89 Å². The van der Waals surface area contributed by atoms with E-state index in [1.54, 1.807) is 6.20 Å². The van der Waals surface area contributed by atoms with Crippen molar-refractivity contribution < 1.29 is 4.79 Å². The van der Waals surface area contributed by atoms with Crippen molar-refractivity contribution in [2.45, 2.75) is 32.2 Å². The number of carbonyl (C=O) groups is 1. The van der Waals surface area contributed by atoms with E-state index in [2.05, 4.69) is 15.5 Å². The van der Waals surface area contributed by atoms with Crippen LogP contribution < -0.4 is 5.32 Å². The molecule has 0 radical (unpaired) electrons. The van der Waals surface area contributed by atoms with Gasteiger partial charge in [0, 0.05) is 18.8 Å². The van der Waals surface area contributed by atoms with Gasteiger partial charge in [-0.05, 0) is 39.3 Å². The van der Waals surface area contributed by atoms with Crippen molar-refractivity contribution in [1.29, 1.82) is 0 Å². The topological polar surface area (TPSA) is 61.0 Å². The lowest BCUT2D eigenvalue weighted by molar-refractivity contribution is 0.0720. The van der Waals surface area contributed by atoms with E-state index in [0.29, 0.717) is 11.6 Å². The molecular weight excluding hydrogens is 216 g/mol. The molecular formula is C12H20N4O. The van der Waals surface area contributed by atoms with Crippen molar-refractivity contribution in [3.63, 3.8) is 0 Å². The van der Waals surface area contributed by atoms with Gasteiger partial charge in [0.05, 0.1) is 11.8 Å². The van der Waals surface area contributed by atoms with Gasteiger partial charge in [-0.2, -0.15) is 5.10 Å². The van der Waals surface area contributed by atoms with Crippen LogP contribution in [0.5, 0.6) is 0 Å². The van der Waals surface area contributed by atoms with Crippen LogP contribution in [0.15, 0.2) is 6.20 Å². The molecule has 0 bridgehead atoms. The third-order valence-corrected chi connectivity index (χ3v) is 3.47. The molecule has 1 aliphatic rings. The first-order valence-electron chi connectivity index (χ1n) is 6.18. The Bertz CT molecular complexity index is 380. The van der Waals surface area contributed by atoms with E-state index in [1.165, 1.54) is 0 Å². The average molecular weight is 236 g/mol.